The van der Waals surface area contributed by atoms with Gasteiger partial charge in [0.25, 0.3) is 0 Å². The molecule has 0 saturated carbocycles. The van der Waals surface area contributed by atoms with Gasteiger partial charge in [0, 0.05) is 13.7 Å². The molecule has 0 heterocycles. The van der Waals surface area contributed by atoms with Gasteiger partial charge in [-0.05, 0) is 19.9 Å². The Kier molecular flexibility index (Phi) is 11.4. The van der Waals surface area contributed by atoms with E-state index in [1.165, 1.54) is 25.7 Å². The number of methoxy groups -OCH3 is 1. The molecule has 0 aliphatic heterocycles. The lowest BCUT2D eigenvalue weighted by Crippen LogP contribution is -2.43. The molecule has 0 aromatic heterocycles. The van der Waals surface area contributed by atoms with Crippen molar-refractivity contribution in [2.45, 2.75) is 52.0 Å². The van der Waals surface area contributed by atoms with Crippen molar-refractivity contribution < 1.29 is 9.53 Å². The lowest BCUT2D eigenvalue weighted by molar-refractivity contribution is -0.122. The van der Waals surface area contributed by atoms with E-state index in [9.17, 15) is 4.79 Å². The zero-order valence-electron chi connectivity index (χ0n) is 11.6. The van der Waals surface area contributed by atoms with Gasteiger partial charge in [0.05, 0.1) is 12.6 Å². The van der Waals surface area contributed by atoms with Crippen LogP contribution in [-0.2, 0) is 9.53 Å². The van der Waals surface area contributed by atoms with Crippen LogP contribution in [0, 0.1) is 0 Å². The maximum Gasteiger partial charge on any atom is 0.236 e. The minimum absolute atomic E-state index is 0.0515. The van der Waals surface area contributed by atoms with Crippen molar-refractivity contribution in [2.24, 2.45) is 0 Å². The maximum absolute atomic E-state index is 11.6. The van der Waals surface area contributed by atoms with Crippen molar-refractivity contribution in [3.8, 4) is 0 Å². The third kappa shape index (κ3) is 10.3. The summed E-state index contributed by atoms with van der Waals surface area (Å²) in [6, 6.07) is -0.113. The van der Waals surface area contributed by atoms with E-state index in [1.54, 1.807) is 7.11 Å². The summed E-state index contributed by atoms with van der Waals surface area (Å²) < 4.78 is 4.87. The molecule has 102 valence electrons. The molecule has 17 heavy (non-hydrogen) atoms. The summed E-state index contributed by atoms with van der Waals surface area (Å²) in [6.07, 6.45) is 6.28. The fourth-order valence-corrected chi connectivity index (χ4v) is 1.57. The summed E-state index contributed by atoms with van der Waals surface area (Å²) in [4.78, 5) is 11.6. The Morgan fingerprint density at radius 2 is 1.88 bits per heavy atom. The second-order valence-electron chi connectivity index (χ2n) is 4.37. The summed E-state index contributed by atoms with van der Waals surface area (Å²) in [5.41, 5.74) is 0. The van der Waals surface area contributed by atoms with E-state index in [2.05, 4.69) is 17.6 Å². The number of carbonyl (C=O) groups excluding carboxylic acids is 1. The fraction of sp³-hybridized carbons (Fsp3) is 0.923. The third-order valence-corrected chi connectivity index (χ3v) is 2.73. The first kappa shape index (κ1) is 16.4. The Hall–Kier alpha value is -0.610. The molecule has 0 aromatic carbocycles. The summed E-state index contributed by atoms with van der Waals surface area (Å²) in [5.74, 6) is 0.0515. The average Bonchev–Trinajstić information content (AvgIpc) is 2.33. The number of hydrogen-bond acceptors (Lipinski definition) is 3. The molecule has 0 aliphatic rings. The molecule has 0 bridgehead atoms. The van der Waals surface area contributed by atoms with E-state index in [0.717, 1.165) is 13.0 Å². The number of rotatable bonds is 11. The Morgan fingerprint density at radius 1 is 1.18 bits per heavy atom. The normalized spacial score (nSPS) is 12.4. The predicted molar refractivity (Wildman–Crippen MR) is 71.1 cm³/mol. The van der Waals surface area contributed by atoms with Gasteiger partial charge < -0.3 is 15.4 Å². The van der Waals surface area contributed by atoms with Crippen molar-refractivity contribution in [1.82, 2.24) is 10.6 Å². The molecule has 0 fully saturated rings. The highest BCUT2D eigenvalue weighted by atomic mass is 16.5. The van der Waals surface area contributed by atoms with Crippen LogP contribution in [0.3, 0.4) is 0 Å². The Balaban J connectivity index is 3.37. The van der Waals surface area contributed by atoms with Crippen LogP contribution in [0.2, 0.25) is 0 Å². The first-order valence-electron chi connectivity index (χ1n) is 6.72. The van der Waals surface area contributed by atoms with Crippen LogP contribution in [0.1, 0.15) is 46.0 Å². The van der Waals surface area contributed by atoms with Crippen molar-refractivity contribution in [1.29, 1.82) is 0 Å². The van der Waals surface area contributed by atoms with Gasteiger partial charge in [0.1, 0.15) is 0 Å². The highest BCUT2D eigenvalue weighted by Gasteiger charge is 2.10. The molecule has 0 saturated heterocycles. The van der Waals surface area contributed by atoms with Crippen molar-refractivity contribution in [3.05, 3.63) is 0 Å². The minimum atomic E-state index is -0.113. The summed E-state index contributed by atoms with van der Waals surface area (Å²) in [6.45, 7) is 6.18. The lowest BCUT2D eigenvalue weighted by Gasteiger charge is -2.13. The molecule has 1 amide bonds. The number of amides is 1. The maximum atomic E-state index is 11.6. The average molecular weight is 244 g/mol. The smallest absolute Gasteiger partial charge is 0.236 e. The van der Waals surface area contributed by atoms with Gasteiger partial charge in [0.2, 0.25) is 5.91 Å². The Bertz CT molecular complexity index is 186. The topological polar surface area (TPSA) is 50.4 Å². The minimum Gasteiger partial charge on any atom is -0.383 e. The molecule has 1 atom stereocenters. The van der Waals surface area contributed by atoms with Crippen LogP contribution >= 0.6 is 0 Å². The molecule has 0 spiro atoms. The van der Waals surface area contributed by atoms with Gasteiger partial charge in [0.15, 0.2) is 0 Å². The summed E-state index contributed by atoms with van der Waals surface area (Å²) in [5, 5.41) is 6.05. The molecular formula is C13H28N2O2. The van der Waals surface area contributed by atoms with Gasteiger partial charge in [-0.1, -0.05) is 32.6 Å². The van der Waals surface area contributed by atoms with Crippen LogP contribution in [0.15, 0.2) is 0 Å². The molecule has 4 nitrogen and oxygen atoms in total. The van der Waals surface area contributed by atoms with Crippen molar-refractivity contribution >= 4 is 5.91 Å². The van der Waals surface area contributed by atoms with Crippen molar-refractivity contribution in [2.75, 3.05) is 26.8 Å². The number of unbranched alkanes of at least 4 members (excludes halogenated alkanes) is 4. The van der Waals surface area contributed by atoms with E-state index in [4.69, 9.17) is 4.74 Å². The number of ether oxygens (including phenoxy) is 1. The fourth-order valence-electron chi connectivity index (χ4n) is 1.57. The number of nitrogens with one attached hydrogen (secondary N) is 2. The molecule has 1 unspecified atom stereocenters. The molecule has 0 aromatic rings. The summed E-state index contributed by atoms with van der Waals surface area (Å²) >= 11 is 0. The van der Waals surface area contributed by atoms with Gasteiger partial charge in [-0.15, -0.1) is 0 Å². The first-order chi connectivity index (χ1) is 8.22. The van der Waals surface area contributed by atoms with E-state index >= 15 is 0 Å². The molecule has 4 heteroatoms. The van der Waals surface area contributed by atoms with Crippen LogP contribution in [0.5, 0.6) is 0 Å². The molecule has 0 radical (unpaired) electrons. The Morgan fingerprint density at radius 3 is 2.53 bits per heavy atom. The standard InChI is InChI=1S/C13H28N2O2/c1-4-5-6-7-8-9-14-12(2)13(16)15-10-11-17-3/h12,14H,4-11H2,1-3H3,(H,15,16). The second kappa shape index (κ2) is 11.9. The van der Waals surface area contributed by atoms with Gasteiger partial charge in [-0.2, -0.15) is 0 Å². The third-order valence-electron chi connectivity index (χ3n) is 2.73. The van der Waals surface area contributed by atoms with Gasteiger partial charge in [-0.25, -0.2) is 0 Å². The lowest BCUT2D eigenvalue weighted by atomic mass is 10.1. The highest BCUT2D eigenvalue weighted by molar-refractivity contribution is 5.81. The predicted octanol–water partition coefficient (Wildman–Crippen LogP) is 1.70. The molecule has 0 rings (SSSR count). The van der Waals surface area contributed by atoms with Crippen LogP contribution in [0.4, 0.5) is 0 Å². The molecule has 0 aliphatic carbocycles. The zero-order chi connectivity index (χ0) is 12.9. The molecular weight excluding hydrogens is 216 g/mol. The highest BCUT2D eigenvalue weighted by Crippen LogP contribution is 2.01. The molecule has 2 N–H and O–H groups in total. The largest absolute Gasteiger partial charge is 0.383 e. The van der Waals surface area contributed by atoms with Crippen LogP contribution in [-0.4, -0.2) is 38.8 Å². The van der Waals surface area contributed by atoms with E-state index in [0.29, 0.717) is 13.2 Å². The SMILES string of the molecule is CCCCCCCNC(C)C(=O)NCCOC. The van der Waals surface area contributed by atoms with Gasteiger partial charge >= 0.3 is 0 Å². The quantitative estimate of drug-likeness (QED) is 0.544. The van der Waals surface area contributed by atoms with Crippen LogP contribution < -0.4 is 10.6 Å². The van der Waals surface area contributed by atoms with E-state index in [-0.39, 0.29) is 11.9 Å². The van der Waals surface area contributed by atoms with Crippen molar-refractivity contribution in [3.63, 3.8) is 0 Å². The number of hydrogen-bond donors (Lipinski definition) is 2. The van der Waals surface area contributed by atoms with E-state index in [1.807, 2.05) is 6.92 Å². The monoisotopic (exact) mass is 244 g/mol. The zero-order valence-corrected chi connectivity index (χ0v) is 11.6. The van der Waals surface area contributed by atoms with Gasteiger partial charge in [-0.3, -0.25) is 4.79 Å². The number of carbonyl (C=O) groups is 1. The Labute approximate surface area is 105 Å². The first-order valence-corrected chi connectivity index (χ1v) is 6.72. The van der Waals surface area contributed by atoms with E-state index < -0.39 is 0 Å². The van der Waals surface area contributed by atoms with Crippen LogP contribution in [0.25, 0.3) is 0 Å². The second-order valence-corrected chi connectivity index (χ2v) is 4.37. The summed E-state index contributed by atoms with van der Waals surface area (Å²) in [7, 11) is 1.63.